The average molecular weight is 471 g/mol. The van der Waals surface area contributed by atoms with Gasteiger partial charge in [0.05, 0.1) is 22.1 Å². The number of para-hydroxylation sites is 2. The second-order valence-corrected chi connectivity index (χ2v) is 9.84. The molecule has 5 rings (SSSR count). The van der Waals surface area contributed by atoms with Gasteiger partial charge in [-0.3, -0.25) is 0 Å². The Labute approximate surface area is 196 Å². The molecule has 0 bridgehead atoms. The van der Waals surface area contributed by atoms with E-state index in [9.17, 15) is 8.42 Å². The second-order valence-electron chi connectivity index (χ2n) is 7.96. The van der Waals surface area contributed by atoms with Crippen molar-refractivity contribution >= 4 is 49.8 Å². The predicted molar refractivity (Wildman–Crippen MR) is 135 cm³/mol. The first-order chi connectivity index (χ1) is 16.4. The molecule has 170 valence electrons. The molecule has 0 saturated heterocycles. The highest BCUT2D eigenvalue weighted by atomic mass is 32.2. The van der Waals surface area contributed by atoms with Gasteiger partial charge in [0.1, 0.15) is 16.2 Å². The van der Waals surface area contributed by atoms with E-state index in [1.807, 2.05) is 61.5 Å². The summed E-state index contributed by atoms with van der Waals surface area (Å²) in [6.07, 6.45) is 1.62. The fourth-order valence-electron chi connectivity index (χ4n) is 3.70. The number of nitrogens with two attached hydrogens (primary N) is 1. The van der Waals surface area contributed by atoms with Gasteiger partial charge in [0.15, 0.2) is 5.65 Å². The first-order valence-electron chi connectivity index (χ1n) is 10.5. The minimum Gasteiger partial charge on any atom is -0.382 e. The topological polar surface area (TPSA) is 106 Å². The van der Waals surface area contributed by atoms with Gasteiger partial charge < -0.3 is 10.6 Å². The predicted octanol–water partition coefficient (Wildman–Crippen LogP) is 3.95. The maximum atomic E-state index is 13.6. The summed E-state index contributed by atoms with van der Waals surface area (Å²) in [5.41, 5.74) is 9.93. The normalized spacial score (nSPS) is 12.1. The maximum Gasteiger partial charge on any atom is 0.212 e. The number of sulfone groups is 1. The van der Waals surface area contributed by atoms with Gasteiger partial charge in [-0.15, -0.1) is 0 Å². The lowest BCUT2D eigenvalue weighted by atomic mass is 10.2. The molecular formula is C25H22N6O2S. The standard InChI is InChI=1S/C25H22N6O2S/c1-30(2)18-14-12-17(13-15-18)16-27-31-24(26)23(34(32,33)19-8-4-3-5-9-19)22-25(31)29-21-11-7-6-10-20(21)28-22/h3-16H,26H2,1-2H3. The van der Waals surface area contributed by atoms with Gasteiger partial charge in [-0.2, -0.15) is 9.78 Å². The van der Waals surface area contributed by atoms with Crippen LogP contribution in [0.25, 0.3) is 22.2 Å². The number of hydrogen-bond acceptors (Lipinski definition) is 7. The molecule has 2 heterocycles. The molecule has 0 radical (unpaired) electrons. The molecule has 34 heavy (non-hydrogen) atoms. The van der Waals surface area contributed by atoms with Gasteiger partial charge in [0, 0.05) is 19.8 Å². The van der Waals surface area contributed by atoms with E-state index in [-0.39, 0.29) is 26.8 Å². The van der Waals surface area contributed by atoms with E-state index < -0.39 is 9.84 Å². The molecule has 0 saturated carbocycles. The fourth-order valence-corrected chi connectivity index (χ4v) is 5.21. The van der Waals surface area contributed by atoms with E-state index >= 15 is 0 Å². The van der Waals surface area contributed by atoms with E-state index in [4.69, 9.17) is 5.73 Å². The molecule has 0 amide bonds. The Hall–Kier alpha value is -4.24. The van der Waals surface area contributed by atoms with Crippen molar-refractivity contribution in [3.05, 3.63) is 84.4 Å². The van der Waals surface area contributed by atoms with E-state index in [1.54, 1.807) is 30.5 Å². The zero-order valence-corrected chi connectivity index (χ0v) is 19.4. The Balaban J connectivity index is 1.73. The summed E-state index contributed by atoms with van der Waals surface area (Å²) in [6, 6.07) is 23.2. The van der Waals surface area contributed by atoms with Crippen molar-refractivity contribution < 1.29 is 8.42 Å². The number of fused-ring (bicyclic) bond motifs is 2. The molecule has 0 unspecified atom stereocenters. The minimum absolute atomic E-state index is 0.0460. The van der Waals surface area contributed by atoms with Crippen molar-refractivity contribution in [1.29, 1.82) is 0 Å². The zero-order valence-electron chi connectivity index (χ0n) is 18.6. The number of aromatic nitrogens is 3. The van der Waals surface area contributed by atoms with E-state index in [0.717, 1.165) is 11.3 Å². The molecule has 0 spiro atoms. The molecule has 0 aliphatic carbocycles. The molecule has 3 aromatic carbocycles. The molecule has 2 aromatic heterocycles. The maximum absolute atomic E-state index is 13.6. The van der Waals surface area contributed by atoms with Crippen molar-refractivity contribution in [2.24, 2.45) is 5.10 Å². The van der Waals surface area contributed by atoms with Gasteiger partial charge in [-0.1, -0.05) is 42.5 Å². The van der Waals surface area contributed by atoms with E-state index in [2.05, 4.69) is 15.1 Å². The van der Waals surface area contributed by atoms with Crippen LogP contribution in [0.5, 0.6) is 0 Å². The van der Waals surface area contributed by atoms with E-state index in [0.29, 0.717) is 11.0 Å². The highest BCUT2D eigenvalue weighted by Gasteiger charge is 2.30. The van der Waals surface area contributed by atoms with Crippen LogP contribution in [-0.2, 0) is 9.84 Å². The summed E-state index contributed by atoms with van der Waals surface area (Å²) in [4.78, 5) is 11.3. The quantitative estimate of drug-likeness (QED) is 0.390. The second kappa shape index (κ2) is 8.27. The lowest BCUT2D eigenvalue weighted by molar-refractivity contribution is 0.597. The van der Waals surface area contributed by atoms with Crippen LogP contribution in [0.3, 0.4) is 0 Å². The van der Waals surface area contributed by atoms with Crippen LogP contribution in [0.1, 0.15) is 5.56 Å². The molecule has 8 nitrogen and oxygen atoms in total. The monoisotopic (exact) mass is 470 g/mol. The number of rotatable bonds is 5. The van der Waals surface area contributed by atoms with Gasteiger partial charge in [0.25, 0.3) is 0 Å². The molecule has 2 N–H and O–H groups in total. The third kappa shape index (κ3) is 3.65. The first kappa shape index (κ1) is 21.6. The van der Waals surface area contributed by atoms with Crippen LogP contribution in [0.4, 0.5) is 11.5 Å². The third-order valence-electron chi connectivity index (χ3n) is 5.48. The summed E-state index contributed by atoms with van der Waals surface area (Å²) in [6.45, 7) is 0. The van der Waals surface area contributed by atoms with Gasteiger partial charge in [0.2, 0.25) is 9.84 Å². The van der Waals surface area contributed by atoms with Crippen LogP contribution >= 0.6 is 0 Å². The molecule has 0 aliphatic rings. The van der Waals surface area contributed by atoms with Crippen LogP contribution in [-0.4, -0.2) is 43.4 Å². The van der Waals surface area contributed by atoms with Crippen LogP contribution in [0.15, 0.2) is 93.8 Å². The van der Waals surface area contributed by atoms with Crippen molar-refractivity contribution in [3.8, 4) is 0 Å². The Bertz CT molecular complexity index is 1640. The lowest BCUT2D eigenvalue weighted by Gasteiger charge is -2.11. The van der Waals surface area contributed by atoms with Gasteiger partial charge >= 0.3 is 0 Å². The highest BCUT2D eigenvalue weighted by molar-refractivity contribution is 7.92. The van der Waals surface area contributed by atoms with Crippen molar-refractivity contribution in [2.45, 2.75) is 9.79 Å². The number of benzene rings is 3. The first-order valence-corrected chi connectivity index (χ1v) is 12.0. The Kier molecular flexibility index (Phi) is 5.25. The summed E-state index contributed by atoms with van der Waals surface area (Å²) in [5, 5.41) is 4.50. The van der Waals surface area contributed by atoms with Crippen molar-refractivity contribution in [3.63, 3.8) is 0 Å². The Morgan fingerprint density at radius 1 is 0.882 bits per heavy atom. The Morgan fingerprint density at radius 3 is 2.15 bits per heavy atom. The van der Waals surface area contributed by atoms with Crippen LogP contribution < -0.4 is 10.6 Å². The average Bonchev–Trinajstić information content (AvgIpc) is 3.12. The molecule has 0 aliphatic heterocycles. The number of hydrogen-bond donors (Lipinski definition) is 1. The SMILES string of the molecule is CN(C)c1ccc(C=Nn2c(N)c(S(=O)(=O)c3ccccc3)c3nc4ccccc4nc32)cc1. The van der Waals surface area contributed by atoms with Gasteiger partial charge in [-0.25, -0.2) is 18.4 Å². The lowest BCUT2D eigenvalue weighted by Crippen LogP contribution is -2.08. The molecule has 0 fully saturated rings. The zero-order chi connectivity index (χ0) is 23.9. The number of anilines is 2. The van der Waals surface area contributed by atoms with Gasteiger partial charge in [-0.05, 0) is 42.0 Å². The largest absolute Gasteiger partial charge is 0.382 e. The van der Waals surface area contributed by atoms with Crippen molar-refractivity contribution in [2.75, 3.05) is 24.7 Å². The summed E-state index contributed by atoms with van der Waals surface area (Å²) < 4.78 is 28.5. The van der Waals surface area contributed by atoms with Crippen LogP contribution in [0, 0.1) is 0 Å². The molecular weight excluding hydrogens is 448 g/mol. The molecule has 5 aromatic rings. The fraction of sp³-hybridized carbons (Fsp3) is 0.0800. The smallest absolute Gasteiger partial charge is 0.212 e. The Morgan fingerprint density at radius 2 is 1.50 bits per heavy atom. The number of nitrogens with zero attached hydrogens (tertiary/aromatic N) is 5. The van der Waals surface area contributed by atoms with E-state index in [1.165, 1.54) is 16.8 Å². The summed E-state index contributed by atoms with van der Waals surface area (Å²) >= 11 is 0. The molecule has 0 atom stereocenters. The minimum atomic E-state index is -3.97. The number of nitrogen functional groups attached to an aromatic ring is 1. The summed E-state index contributed by atoms with van der Waals surface area (Å²) in [7, 11) is -0.0385. The van der Waals surface area contributed by atoms with Crippen molar-refractivity contribution in [1.82, 2.24) is 14.6 Å². The molecule has 9 heteroatoms. The third-order valence-corrected chi connectivity index (χ3v) is 7.32. The summed E-state index contributed by atoms with van der Waals surface area (Å²) in [5.74, 6) is -0.0460. The van der Waals surface area contributed by atoms with Crippen LogP contribution in [0.2, 0.25) is 0 Å². The highest BCUT2D eigenvalue weighted by Crippen LogP contribution is 2.35.